The van der Waals surface area contributed by atoms with E-state index in [1.165, 1.54) is 7.11 Å². The zero-order valence-electron chi connectivity index (χ0n) is 16.1. The molecule has 1 aliphatic carbocycles. The lowest BCUT2D eigenvalue weighted by molar-refractivity contribution is 0.0601. The van der Waals surface area contributed by atoms with Crippen LogP contribution in [-0.4, -0.2) is 48.5 Å². The molecule has 3 amide bonds. The van der Waals surface area contributed by atoms with E-state index in [9.17, 15) is 14.4 Å². The fourth-order valence-electron chi connectivity index (χ4n) is 4.29. The van der Waals surface area contributed by atoms with Gasteiger partial charge in [-0.25, -0.2) is 9.59 Å². The van der Waals surface area contributed by atoms with Gasteiger partial charge in [0.1, 0.15) is 0 Å². The van der Waals surface area contributed by atoms with Crippen molar-refractivity contribution in [1.82, 2.24) is 10.2 Å². The molecule has 3 atom stereocenters. The summed E-state index contributed by atoms with van der Waals surface area (Å²) in [5.74, 6) is -0.340. The number of ether oxygens (including phenoxy) is 1. The number of amides is 3. The number of esters is 1. The number of benzene rings is 2. The Labute approximate surface area is 169 Å². The van der Waals surface area contributed by atoms with E-state index in [4.69, 9.17) is 4.74 Å². The molecule has 1 saturated carbocycles. The normalized spacial score (nSPS) is 22.2. The molecule has 1 saturated heterocycles. The summed E-state index contributed by atoms with van der Waals surface area (Å²) >= 11 is 0. The Kier molecular flexibility index (Phi) is 5.20. The van der Waals surface area contributed by atoms with Gasteiger partial charge >= 0.3 is 12.0 Å². The van der Waals surface area contributed by atoms with Crippen LogP contribution >= 0.6 is 0 Å². The average molecular weight is 393 g/mol. The number of urea groups is 1. The Morgan fingerprint density at radius 2 is 1.72 bits per heavy atom. The van der Waals surface area contributed by atoms with Gasteiger partial charge in [-0.1, -0.05) is 30.3 Å². The highest BCUT2D eigenvalue weighted by Crippen LogP contribution is 2.38. The number of methoxy groups -OCH3 is 1. The second-order valence-electron chi connectivity index (χ2n) is 7.45. The SMILES string of the molecule is COC(=O)c1ccccc1NC(=O)N1C[C@@H]2C[C@H]1C[C@@H]2NC(=O)c1ccccc1. The van der Waals surface area contributed by atoms with Crippen molar-refractivity contribution in [3.63, 3.8) is 0 Å². The van der Waals surface area contributed by atoms with Crippen LogP contribution in [0.5, 0.6) is 0 Å². The predicted octanol–water partition coefficient (Wildman–Crippen LogP) is 2.90. The first kappa shape index (κ1) is 19.0. The van der Waals surface area contributed by atoms with Crippen LogP contribution in [0, 0.1) is 5.92 Å². The summed E-state index contributed by atoms with van der Waals surface area (Å²) in [7, 11) is 1.31. The zero-order valence-corrected chi connectivity index (χ0v) is 16.1. The molecule has 2 bridgehead atoms. The summed E-state index contributed by atoms with van der Waals surface area (Å²) < 4.78 is 4.78. The fourth-order valence-corrected chi connectivity index (χ4v) is 4.29. The van der Waals surface area contributed by atoms with Gasteiger partial charge in [-0.2, -0.15) is 0 Å². The van der Waals surface area contributed by atoms with Gasteiger partial charge in [-0.3, -0.25) is 4.79 Å². The molecule has 7 heteroatoms. The minimum Gasteiger partial charge on any atom is -0.465 e. The molecule has 4 rings (SSSR count). The molecule has 2 N–H and O–H groups in total. The third-order valence-corrected chi connectivity index (χ3v) is 5.73. The number of hydrogen-bond donors (Lipinski definition) is 2. The molecule has 150 valence electrons. The molecular weight excluding hydrogens is 370 g/mol. The lowest BCUT2D eigenvalue weighted by Crippen LogP contribution is -2.48. The Morgan fingerprint density at radius 1 is 1.00 bits per heavy atom. The van der Waals surface area contributed by atoms with Gasteiger partial charge in [-0.05, 0) is 43.0 Å². The fraction of sp³-hybridized carbons (Fsp3) is 0.318. The van der Waals surface area contributed by atoms with Crippen LogP contribution in [0.15, 0.2) is 54.6 Å². The van der Waals surface area contributed by atoms with Gasteiger partial charge in [0, 0.05) is 24.2 Å². The number of fused-ring (bicyclic) bond motifs is 2. The van der Waals surface area contributed by atoms with E-state index in [0.29, 0.717) is 23.4 Å². The first-order chi connectivity index (χ1) is 14.1. The molecule has 1 heterocycles. The van der Waals surface area contributed by atoms with Crippen molar-refractivity contribution >= 4 is 23.6 Å². The summed E-state index contributed by atoms with van der Waals surface area (Å²) in [5.41, 5.74) is 1.39. The zero-order chi connectivity index (χ0) is 20.4. The van der Waals surface area contributed by atoms with Crippen LogP contribution in [-0.2, 0) is 4.74 Å². The average Bonchev–Trinajstić information content (AvgIpc) is 3.35. The highest BCUT2D eigenvalue weighted by Gasteiger charge is 2.47. The topological polar surface area (TPSA) is 87.7 Å². The van der Waals surface area contributed by atoms with Crippen LogP contribution < -0.4 is 10.6 Å². The summed E-state index contributed by atoms with van der Waals surface area (Å²) in [6, 6.07) is 15.8. The Hall–Kier alpha value is -3.35. The first-order valence-corrected chi connectivity index (χ1v) is 9.67. The lowest BCUT2D eigenvalue weighted by atomic mass is 10.0. The maximum atomic E-state index is 12.8. The van der Waals surface area contributed by atoms with Crippen LogP contribution in [0.2, 0.25) is 0 Å². The third kappa shape index (κ3) is 3.81. The van der Waals surface area contributed by atoms with Gasteiger partial charge in [0.05, 0.1) is 18.4 Å². The van der Waals surface area contributed by atoms with Crippen LogP contribution in [0.4, 0.5) is 10.5 Å². The maximum Gasteiger partial charge on any atom is 0.339 e. The van der Waals surface area contributed by atoms with Crippen molar-refractivity contribution in [3.05, 3.63) is 65.7 Å². The van der Waals surface area contributed by atoms with Crippen molar-refractivity contribution in [1.29, 1.82) is 0 Å². The molecule has 0 radical (unpaired) electrons. The van der Waals surface area contributed by atoms with Crippen LogP contribution in [0.3, 0.4) is 0 Å². The summed E-state index contributed by atoms with van der Waals surface area (Å²) in [4.78, 5) is 38.9. The smallest absolute Gasteiger partial charge is 0.339 e. The van der Waals surface area contributed by atoms with Crippen molar-refractivity contribution < 1.29 is 19.1 Å². The second-order valence-corrected chi connectivity index (χ2v) is 7.45. The molecule has 2 fully saturated rings. The van der Waals surface area contributed by atoms with Gasteiger partial charge < -0.3 is 20.3 Å². The van der Waals surface area contributed by atoms with Gasteiger partial charge in [0.25, 0.3) is 5.91 Å². The standard InChI is InChI=1S/C22H23N3O4/c1-29-21(27)17-9-5-6-10-18(17)24-22(28)25-13-15-11-16(25)12-19(15)23-20(26)14-7-3-2-4-8-14/h2-10,15-16,19H,11-13H2,1H3,(H,23,26)(H,24,28)/t15-,16-,19-/m0/s1. The monoisotopic (exact) mass is 393 g/mol. The molecular formula is C22H23N3O4. The highest BCUT2D eigenvalue weighted by atomic mass is 16.5. The highest BCUT2D eigenvalue weighted by molar-refractivity contribution is 6.01. The van der Waals surface area contributed by atoms with Crippen molar-refractivity contribution in [3.8, 4) is 0 Å². The number of hydrogen-bond acceptors (Lipinski definition) is 4. The number of anilines is 1. The largest absolute Gasteiger partial charge is 0.465 e. The summed E-state index contributed by atoms with van der Waals surface area (Å²) in [5, 5.41) is 5.94. The van der Waals surface area contributed by atoms with Gasteiger partial charge in [0.15, 0.2) is 0 Å². The Morgan fingerprint density at radius 3 is 2.41 bits per heavy atom. The number of para-hydroxylation sites is 1. The molecule has 1 aliphatic heterocycles. The number of rotatable bonds is 4. The molecule has 0 spiro atoms. The Balaban J connectivity index is 1.37. The number of carbonyl (C=O) groups excluding carboxylic acids is 3. The molecule has 0 aromatic heterocycles. The Bertz CT molecular complexity index is 931. The predicted molar refractivity (Wildman–Crippen MR) is 108 cm³/mol. The quantitative estimate of drug-likeness (QED) is 0.782. The van der Waals surface area contributed by atoms with E-state index < -0.39 is 5.97 Å². The van der Waals surface area contributed by atoms with Crippen molar-refractivity contribution in [2.75, 3.05) is 19.0 Å². The maximum absolute atomic E-state index is 12.8. The molecule has 0 unspecified atom stereocenters. The van der Waals surface area contributed by atoms with E-state index in [1.54, 1.807) is 41.3 Å². The summed E-state index contributed by atoms with van der Waals surface area (Å²) in [6.07, 6.45) is 1.60. The second kappa shape index (κ2) is 7.95. The van der Waals surface area contributed by atoms with Crippen LogP contribution in [0.25, 0.3) is 0 Å². The minimum atomic E-state index is -0.493. The number of nitrogens with zero attached hydrogens (tertiary/aromatic N) is 1. The molecule has 29 heavy (non-hydrogen) atoms. The van der Waals surface area contributed by atoms with Crippen molar-refractivity contribution in [2.45, 2.75) is 24.9 Å². The minimum absolute atomic E-state index is 0.0686. The first-order valence-electron chi connectivity index (χ1n) is 9.67. The lowest BCUT2D eigenvalue weighted by Gasteiger charge is -2.32. The van der Waals surface area contributed by atoms with E-state index in [-0.39, 0.29) is 29.9 Å². The van der Waals surface area contributed by atoms with Crippen LogP contribution in [0.1, 0.15) is 33.6 Å². The molecule has 2 aromatic rings. The molecule has 2 aliphatic rings. The van der Waals surface area contributed by atoms with Gasteiger partial charge in [-0.15, -0.1) is 0 Å². The van der Waals surface area contributed by atoms with E-state index in [2.05, 4.69) is 10.6 Å². The number of nitrogens with one attached hydrogen (secondary N) is 2. The van der Waals surface area contributed by atoms with E-state index in [0.717, 1.165) is 12.8 Å². The van der Waals surface area contributed by atoms with E-state index >= 15 is 0 Å². The number of carbonyl (C=O) groups is 3. The molecule has 7 nitrogen and oxygen atoms in total. The third-order valence-electron chi connectivity index (χ3n) is 5.73. The summed E-state index contributed by atoms with van der Waals surface area (Å²) in [6.45, 7) is 0.580. The number of piperidine rings is 1. The number of likely N-dealkylation sites (tertiary alicyclic amines) is 1. The van der Waals surface area contributed by atoms with E-state index in [1.807, 2.05) is 18.2 Å². The van der Waals surface area contributed by atoms with Gasteiger partial charge in [0.2, 0.25) is 0 Å². The van der Waals surface area contributed by atoms with Crippen molar-refractivity contribution in [2.24, 2.45) is 5.92 Å². The molecule has 2 aromatic carbocycles.